The number of nitrogens with zero attached hydrogens (tertiary/aromatic N) is 3. The van der Waals surface area contributed by atoms with Crippen LogP contribution in [0.1, 0.15) is 69.9 Å². The quantitative estimate of drug-likeness (QED) is 0.0665. The molecule has 0 fully saturated rings. The summed E-state index contributed by atoms with van der Waals surface area (Å²) in [5, 5.41) is 25.7. The predicted molar refractivity (Wildman–Crippen MR) is 270 cm³/mol. The predicted octanol–water partition coefficient (Wildman–Crippen LogP) is 13.5. The summed E-state index contributed by atoms with van der Waals surface area (Å²) in [5.41, 5.74) is -16.4. The van der Waals surface area contributed by atoms with Gasteiger partial charge in [-0.05, 0) is 118 Å². The summed E-state index contributed by atoms with van der Waals surface area (Å²) in [6.07, 6.45) is -33.1. The Morgan fingerprint density at radius 3 is 1.05 bits per heavy atom. The van der Waals surface area contributed by atoms with E-state index in [4.69, 9.17) is 0 Å². The number of hydrogen-bond donors (Lipinski definition) is 5. The molecule has 3 aromatic carbocycles. The fourth-order valence-electron chi connectivity index (χ4n) is 7.72. The number of aryl methyl sites for hydroxylation is 4. The van der Waals surface area contributed by atoms with Crippen molar-refractivity contribution in [2.75, 3.05) is 16.0 Å². The topological polar surface area (TPSA) is 176 Å². The highest BCUT2D eigenvalue weighted by atomic mass is 19.4. The van der Waals surface area contributed by atoms with E-state index >= 15 is 0 Å². The first-order valence-electron chi connectivity index (χ1n) is 24.5. The van der Waals surface area contributed by atoms with Gasteiger partial charge in [0.1, 0.15) is 5.82 Å². The van der Waals surface area contributed by atoms with Crippen LogP contribution in [0.5, 0.6) is 0 Å². The number of amides is 3. The molecule has 0 saturated heterocycles. The van der Waals surface area contributed by atoms with Gasteiger partial charge in [-0.2, -0.15) is 79.0 Å². The van der Waals surface area contributed by atoms with Gasteiger partial charge in [-0.3, -0.25) is 29.3 Å². The van der Waals surface area contributed by atoms with Gasteiger partial charge in [0.25, 0.3) is 16.8 Å². The molecule has 0 unspecified atom stereocenters. The van der Waals surface area contributed by atoms with Crippen molar-refractivity contribution >= 4 is 34.8 Å². The fourth-order valence-corrected chi connectivity index (χ4v) is 7.72. The van der Waals surface area contributed by atoms with Crippen LogP contribution in [-0.4, -0.2) is 86.0 Å². The van der Waals surface area contributed by atoms with Crippen LogP contribution in [0, 0.1) is 33.5 Å². The number of alkyl halides is 18. The lowest BCUT2D eigenvalue weighted by Crippen LogP contribution is -2.57. The van der Waals surface area contributed by atoms with Gasteiger partial charge in [-0.1, -0.05) is 42.5 Å². The third-order valence-electron chi connectivity index (χ3n) is 11.9. The summed E-state index contributed by atoms with van der Waals surface area (Å²) < 4.78 is 255. The number of aliphatic hydroxyl groups is 2. The minimum absolute atomic E-state index is 0.00920. The van der Waals surface area contributed by atoms with Crippen molar-refractivity contribution in [1.82, 2.24) is 15.0 Å². The molecule has 0 aliphatic carbocycles. The third-order valence-corrected chi connectivity index (χ3v) is 11.9. The van der Waals surface area contributed by atoms with E-state index in [2.05, 4.69) is 35.6 Å². The Balaban J connectivity index is 0.000000277. The van der Waals surface area contributed by atoms with Gasteiger partial charge in [0.05, 0.1) is 25.4 Å². The van der Waals surface area contributed by atoms with E-state index in [1.54, 1.807) is 55.7 Å². The maximum atomic E-state index is 14.0. The average Bonchev–Trinajstić information content (AvgIpc) is 0.883. The highest BCUT2D eigenvalue weighted by molar-refractivity contribution is 5.93. The Morgan fingerprint density at radius 2 is 0.756 bits per heavy atom. The molecule has 0 saturated carbocycles. The molecule has 0 bridgehead atoms. The van der Waals surface area contributed by atoms with Crippen molar-refractivity contribution < 1.29 is 113 Å². The Labute approximate surface area is 475 Å². The molecular weight excluding hydrogens is 1200 g/mol. The zero-order valence-electron chi connectivity index (χ0n) is 45.2. The van der Waals surface area contributed by atoms with E-state index in [0.717, 1.165) is 61.7 Å². The molecule has 0 aliphatic heterocycles. The van der Waals surface area contributed by atoms with Crippen LogP contribution in [0.4, 0.5) is 100 Å². The monoisotopic (exact) mass is 1250 g/mol. The summed E-state index contributed by atoms with van der Waals surface area (Å²) in [4.78, 5) is 48.0. The lowest BCUT2D eigenvalue weighted by Gasteiger charge is -2.38. The third kappa shape index (κ3) is 16.9. The molecule has 468 valence electrons. The Morgan fingerprint density at radius 1 is 0.442 bits per heavy atom. The first kappa shape index (κ1) is 70.6. The molecular formula is C55H49F19N6O6. The van der Waals surface area contributed by atoms with Crippen LogP contribution in [0.15, 0.2) is 116 Å². The number of nitrogens with one attached hydrogen (secondary N) is 3. The number of carbonyl (C=O) groups is 3. The number of aromatic nitrogens is 3. The number of hydrogen-bond acceptors (Lipinski definition) is 9. The van der Waals surface area contributed by atoms with Crippen LogP contribution in [0.2, 0.25) is 0 Å². The molecule has 3 aromatic heterocycles. The average molecular weight is 1250 g/mol. The maximum Gasteiger partial charge on any atom is 0.430 e. The highest BCUT2D eigenvalue weighted by Gasteiger charge is 2.75. The number of anilines is 3. The molecule has 6 rings (SSSR count). The van der Waals surface area contributed by atoms with Gasteiger partial charge in [0, 0.05) is 69.4 Å². The number of halogens is 19. The number of pyridine rings is 3. The zero-order chi connectivity index (χ0) is 65.4. The van der Waals surface area contributed by atoms with Crippen molar-refractivity contribution in [3.05, 3.63) is 177 Å². The molecule has 0 aliphatic rings. The van der Waals surface area contributed by atoms with Crippen LogP contribution in [0.3, 0.4) is 0 Å². The summed E-state index contributed by atoms with van der Waals surface area (Å²) >= 11 is 0. The molecule has 6 aromatic rings. The van der Waals surface area contributed by atoms with E-state index in [1.807, 2.05) is 13.8 Å². The summed E-state index contributed by atoms with van der Waals surface area (Å²) in [7, 11) is 0. The van der Waals surface area contributed by atoms with Crippen molar-refractivity contribution in [2.45, 2.75) is 121 Å². The molecule has 0 radical (unpaired) electrons. The lowest BCUT2D eigenvalue weighted by molar-refractivity contribution is -0.396. The molecule has 3 amide bonds. The number of carbonyl (C=O) groups excluding carboxylic acids is 3. The largest absolute Gasteiger partial charge is 0.430 e. The van der Waals surface area contributed by atoms with Crippen molar-refractivity contribution in [3.63, 3.8) is 0 Å². The molecule has 12 nitrogen and oxygen atoms in total. The second kappa shape index (κ2) is 26.8. The molecule has 31 heteroatoms. The standard InChI is InChI=1S/C20H20F6N2O2.C18H16F6N2O2.C17H13F7N2O2/c1-12(2)30-18(19(21,22)23,20(24,25)26)14-5-8-15(9-6-14)28-17(29)10-16-7-4-13(3)11-27-16;1-10-3-4-12(25-9-10)8-15(27)26-13-5-6-14(11(2)7-13)16(28,17(19,20)21)18(22,23)24;1-9-2-3-10(25-8-9)7-14(27)26-11-4-5-12(13(18)6-11)15(28,16(19,20)21)17(22,23)24/h4-9,11-12H,10H2,1-3H3,(H,28,29);3-7,9,28H,8H2,1-2H3,(H,26,27);2-6,8,28H,7H2,1H3,(H,26,27). The van der Waals surface area contributed by atoms with Crippen LogP contribution in [-0.2, 0) is 55.2 Å². The van der Waals surface area contributed by atoms with Crippen molar-refractivity contribution in [1.29, 1.82) is 0 Å². The van der Waals surface area contributed by atoms with Crippen LogP contribution >= 0.6 is 0 Å². The van der Waals surface area contributed by atoms with Gasteiger partial charge in [-0.15, -0.1) is 0 Å². The second-order valence-electron chi connectivity index (χ2n) is 19.2. The first-order valence-corrected chi connectivity index (χ1v) is 24.5. The minimum Gasteiger partial charge on any atom is -0.369 e. The smallest absolute Gasteiger partial charge is 0.369 e. The molecule has 5 N–H and O–H groups in total. The zero-order valence-corrected chi connectivity index (χ0v) is 45.2. The van der Waals surface area contributed by atoms with Crippen molar-refractivity contribution in [2.24, 2.45) is 0 Å². The Kier molecular flexibility index (Phi) is 22.0. The van der Waals surface area contributed by atoms with E-state index in [0.29, 0.717) is 41.3 Å². The number of rotatable bonds is 14. The van der Waals surface area contributed by atoms with E-state index < -0.39 is 106 Å². The summed E-state index contributed by atoms with van der Waals surface area (Å²) in [6, 6.07) is 16.5. The van der Waals surface area contributed by atoms with Gasteiger partial charge < -0.3 is 30.9 Å². The molecule has 86 heavy (non-hydrogen) atoms. The van der Waals surface area contributed by atoms with Gasteiger partial charge in [0.2, 0.25) is 17.7 Å². The maximum absolute atomic E-state index is 14.0. The van der Waals surface area contributed by atoms with Gasteiger partial charge in [-0.25, -0.2) is 4.39 Å². The van der Waals surface area contributed by atoms with E-state index in [9.17, 15) is 108 Å². The molecule has 0 atom stereocenters. The summed E-state index contributed by atoms with van der Waals surface area (Å²) in [6.45, 7) is 8.55. The Hall–Kier alpha value is -7.93. The highest BCUT2D eigenvalue weighted by Crippen LogP contribution is 2.55. The fraction of sp³-hybridized carbons (Fsp3) is 0.345. The normalized spacial score (nSPS) is 12.8. The van der Waals surface area contributed by atoms with E-state index in [1.165, 1.54) is 6.20 Å². The van der Waals surface area contributed by atoms with Crippen LogP contribution in [0.25, 0.3) is 0 Å². The second-order valence-corrected chi connectivity index (χ2v) is 19.2. The molecule has 0 spiro atoms. The minimum atomic E-state index is -6.21. The molecule has 3 heterocycles. The van der Waals surface area contributed by atoms with Gasteiger partial charge in [0.15, 0.2) is 0 Å². The number of benzene rings is 3. The van der Waals surface area contributed by atoms with Crippen molar-refractivity contribution in [3.8, 4) is 0 Å². The number of ether oxygens (including phenoxy) is 1. The van der Waals surface area contributed by atoms with Gasteiger partial charge >= 0.3 is 37.1 Å². The summed E-state index contributed by atoms with van der Waals surface area (Å²) in [5.74, 6) is -3.77. The van der Waals surface area contributed by atoms with E-state index in [-0.39, 0.29) is 48.5 Å². The first-order chi connectivity index (χ1) is 39.3. The Bertz CT molecular complexity index is 3090. The lowest BCUT2D eigenvalue weighted by atomic mass is 9.88. The van der Waals surface area contributed by atoms with Crippen LogP contribution < -0.4 is 16.0 Å². The SMILES string of the molecule is Cc1ccc(CC(=O)Nc2ccc(C(O)(C(F)(F)F)C(F)(F)F)c(C)c2)nc1.Cc1ccc(CC(=O)Nc2ccc(C(O)(C(F)(F)F)C(F)(F)F)c(F)c2)nc1.Cc1ccc(CC(=O)Nc2ccc(C(OC(C)C)(C(F)(F)F)C(F)(F)F)cc2)nc1.